The number of carboxylic acid groups (broad SMARTS) is 1. The van der Waals surface area contributed by atoms with E-state index in [0.29, 0.717) is 0 Å². The molecule has 0 heterocycles. The van der Waals surface area contributed by atoms with Crippen molar-refractivity contribution >= 4 is 5.97 Å². The minimum atomic E-state index is -1.00. The average Bonchev–Trinajstić information content (AvgIpc) is 1.69. The lowest BCUT2D eigenvalue weighted by Gasteiger charge is -2.06. The summed E-state index contributed by atoms with van der Waals surface area (Å²) in [5.74, 6) is -1.00. The summed E-state index contributed by atoms with van der Waals surface area (Å²) in [4.78, 5) is 9.97. The first-order valence-electron chi connectivity index (χ1n) is 2.15. The maximum absolute atomic E-state index is 9.97. The van der Waals surface area contributed by atoms with Gasteiger partial charge in [0.25, 0.3) is 0 Å². The second-order valence-electron chi connectivity index (χ2n) is 1.24. The van der Waals surface area contributed by atoms with E-state index in [2.05, 4.69) is 10.1 Å². The van der Waals surface area contributed by atoms with Crippen molar-refractivity contribution < 1.29 is 14.6 Å². The van der Waals surface area contributed by atoms with Crippen molar-refractivity contribution in [3.63, 3.8) is 0 Å². The SMILES string of the molecule is CN[C@H](OC)C(=O)O. The van der Waals surface area contributed by atoms with Gasteiger partial charge in [-0.15, -0.1) is 0 Å². The van der Waals surface area contributed by atoms with Crippen LogP contribution in [0.4, 0.5) is 0 Å². The van der Waals surface area contributed by atoms with Gasteiger partial charge in [0, 0.05) is 7.11 Å². The highest BCUT2D eigenvalue weighted by atomic mass is 16.5. The average molecular weight is 119 g/mol. The third kappa shape index (κ3) is 1.90. The van der Waals surface area contributed by atoms with E-state index in [-0.39, 0.29) is 0 Å². The van der Waals surface area contributed by atoms with Crippen molar-refractivity contribution in [1.82, 2.24) is 5.32 Å². The minimum Gasteiger partial charge on any atom is -0.478 e. The molecule has 0 fully saturated rings. The number of hydrogen-bond donors (Lipinski definition) is 2. The molecule has 0 aliphatic rings. The Balaban J connectivity index is 3.52. The van der Waals surface area contributed by atoms with E-state index >= 15 is 0 Å². The minimum absolute atomic E-state index is 0.880. The molecule has 0 saturated heterocycles. The molecule has 0 aromatic carbocycles. The second-order valence-corrected chi connectivity index (χ2v) is 1.24. The number of hydrogen-bond acceptors (Lipinski definition) is 3. The molecule has 2 N–H and O–H groups in total. The van der Waals surface area contributed by atoms with Gasteiger partial charge < -0.3 is 9.84 Å². The lowest BCUT2D eigenvalue weighted by Crippen LogP contribution is -2.35. The second kappa shape index (κ2) is 3.40. The van der Waals surface area contributed by atoms with E-state index in [1.165, 1.54) is 14.2 Å². The number of aliphatic carboxylic acids is 1. The first-order valence-corrected chi connectivity index (χ1v) is 2.15. The van der Waals surface area contributed by atoms with Crippen LogP contribution < -0.4 is 5.32 Å². The third-order valence-electron chi connectivity index (χ3n) is 0.722. The van der Waals surface area contributed by atoms with Crippen molar-refractivity contribution in [2.45, 2.75) is 6.23 Å². The quantitative estimate of drug-likeness (QED) is 0.480. The molecule has 0 saturated carbocycles. The van der Waals surface area contributed by atoms with Gasteiger partial charge in [-0.2, -0.15) is 0 Å². The van der Waals surface area contributed by atoms with Crippen molar-refractivity contribution in [3.05, 3.63) is 0 Å². The summed E-state index contributed by atoms with van der Waals surface area (Å²) >= 11 is 0. The van der Waals surface area contributed by atoms with Crippen LogP contribution in [0.2, 0.25) is 0 Å². The largest absolute Gasteiger partial charge is 0.478 e. The summed E-state index contributed by atoms with van der Waals surface area (Å²) in [5, 5.41) is 10.6. The van der Waals surface area contributed by atoms with Crippen molar-refractivity contribution in [3.8, 4) is 0 Å². The van der Waals surface area contributed by atoms with Crippen LogP contribution in [0.15, 0.2) is 0 Å². The first kappa shape index (κ1) is 7.39. The van der Waals surface area contributed by atoms with Gasteiger partial charge >= 0.3 is 5.97 Å². The van der Waals surface area contributed by atoms with Gasteiger partial charge in [-0.05, 0) is 7.05 Å². The summed E-state index contributed by atoms with van der Waals surface area (Å²) in [6, 6.07) is 0. The Morgan fingerprint density at radius 2 is 2.38 bits per heavy atom. The van der Waals surface area contributed by atoms with Gasteiger partial charge in [-0.25, -0.2) is 4.79 Å². The van der Waals surface area contributed by atoms with Gasteiger partial charge in [0.2, 0.25) is 6.23 Å². The number of carboxylic acids is 1. The van der Waals surface area contributed by atoms with Crippen LogP contribution in [0.25, 0.3) is 0 Å². The molecule has 0 aromatic rings. The van der Waals surface area contributed by atoms with E-state index in [1.807, 2.05) is 0 Å². The number of ether oxygens (including phenoxy) is 1. The molecule has 4 nitrogen and oxygen atoms in total. The Morgan fingerprint density at radius 3 is 2.38 bits per heavy atom. The van der Waals surface area contributed by atoms with Crippen LogP contribution in [0.5, 0.6) is 0 Å². The summed E-state index contributed by atoms with van der Waals surface area (Å²) in [5.41, 5.74) is 0. The van der Waals surface area contributed by atoms with Gasteiger partial charge in [-0.3, -0.25) is 5.32 Å². The molecular formula is C4H9NO3. The number of nitrogens with one attached hydrogen (secondary N) is 1. The fourth-order valence-electron chi connectivity index (χ4n) is 0.342. The molecule has 0 radical (unpaired) electrons. The molecule has 1 atom stereocenters. The maximum Gasteiger partial charge on any atom is 0.348 e. The van der Waals surface area contributed by atoms with Crippen molar-refractivity contribution in [2.24, 2.45) is 0 Å². The molecule has 48 valence electrons. The summed E-state index contributed by atoms with van der Waals surface area (Å²) in [6.07, 6.45) is -0.880. The van der Waals surface area contributed by atoms with E-state index in [9.17, 15) is 4.79 Å². The lowest BCUT2D eigenvalue weighted by atomic mass is 10.6. The van der Waals surface area contributed by atoms with E-state index in [1.54, 1.807) is 0 Å². The molecule has 0 bridgehead atoms. The highest BCUT2D eigenvalue weighted by molar-refractivity contribution is 5.71. The molecule has 8 heavy (non-hydrogen) atoms. The van der Waals surface area contributed by atoms with Crippen LogP contribution in [-0.2, 0) is 9.53 Å². The highest BCUT2D eigenvalue weighted by Gasteiger charge is 2.10. The van der Waals surface area contributed by atoms with Crippen molar-refractivity contribution in [1.29, 1.82) is 0 Å². The normalized spacial score (nSPS) is 13.2. The number of methoxy groups -OCH3 is 1. The lowest BCUT2D eigenvalue weighted by molar-refractivity contribution is -0.150. The number of rotatable bonds is 3. The van der Waals surface area contributed by atoms with Gasteiger partial charge in [0.05, 0.1) is 0 Å². The van der Waals surface area contributed by atoms with E-state index in [4.69, 9.17) is 5.11 Å². The Kier molecular flexibility index (Phi) is 3.14. The van der Waals surface area contributed by atoms with Crippen LogP contribution in [-0.4, -0.2) is 31.5 Å². The molecule has 4 heteroatoms. The fourth-order valence-corrected chi connectivity index (χ4v) is 0.342. The van der Waals surface area contributed by atoms with Gasteiger partial charge in [0.1, 0.15) is 0 Å². The topological polar surface area (TPSA) is 58.6 Å². The Labute approximate surface area is 47.5 Å². The Morgan fingerprint density at radius 1 is 1.88 bits per heavy atom. The van der Waals surface area contributed by atoms with Crippen LogP contribution in [0.3, 0.4) is 0 Å². The molecule has 0 unspecified atom stereocenters. The van der Waals surface area contributed by atoms with Crippen LogP contribution >= 0.6 is 0 Å². The van der Waals surface area contributed by atoms with Crippen LogP contribution in [0.1, 0.15) is 0 Å². The fraction of sp³-hybridized carbons (Fsp3) is 0.750. The zero-order chi connectivity index (χ0) is 6.57. The molecule has 0 rings (SSSR count). The predicted octanol–water partition coefficient (Wildman–Crippen LogP) is -0.737. The number of carbonyl (C=O) groups is 1. The highest BCUT2D eigenvalue weighted by Crippen LogP contribution is 1.79. The number of likely N-dealkylation sites (N-methyl/N-ethyl adjacent to an activating group) is 1. The predicted molar refractivity (Wildman–Crippen MR) is 27.5 cm³/mol. The first-order chi connectivity index (χ1) is 3.72. The Hall–Kier alpha value is -0.610. The summed E-state index contributed by atoms with van der Waals surface area (Å²) in [6.45, 7) is 0. The van der Waals surface area contributed by atoms with Crippen LogP contribution in [0, 0.1) is 0 Å². The van der Waals surface area contributed by atoms with Gasteiger partial charge in [-0.1, -0.05) is 0 Å². The standard InChI is InChI=1S/C4H9NO3/c1-5-3(8-2)4(6)7/h3,5H,1-2H3,(H,6,7)/t3-/m1/s1. The Bertz CT molecular complexity index is 79.4. The summed E-state index contributed by atoms with van der Waals surface area (Å²) < 4.78 is 4.45. The monoisotopic (exact) mass is 119 g/mol. The van der Waals surface area contributed by atoms with Gasteiger partial charge in [0.15, 0.2) is 0 Å². The zero-order valence-electron chi connectivity index (χ0n) is 4.84. The van der Waals surface area contributed by atoms with Crippen molar-refractivity contribution in [2.75, 3.05) is 14.2 Å². The molecular weight excluding hydrogens is 110 g/mol. The molecule has 0 spiro atoms. The maximum atomic E-state index is 9.97. The van der Waals surface area contributed by atoms with E-state index < -0.39 is 12.2 Å². The molecule has 0 amide bonds. The van der Waals surface area contributed by atoms with E-state index in [0.717, 1.165) is 0 Å². The smallest absolute Gasteiger partial charge is 0.348 e. The molecule has 0 aliphatic heterocycles. The third-order valence-corrected chi connectivity index (χ3v) is 0.722. The summed E-state index contributed by atoms with van der Waals surface area (Å²) in [7, 11) is 2.84. The zero-order valence-corrected chi connectivity index (χ0v) is 4.84. The molecule has 0 aromatic heterocycles. The molecule has 0 aliphatic carbocycles.